The SMILES string of the molecule is CC/C=C\C/C=C\C/C=C\C/C=C\C/C=C\CCCCCCCCCCCCCCCCCCCCCC(=O)OC(COC(=O)CCCCCCCCCCCCCCCCCCCCCCC/C=C\CCCCCCCCCC)COP(=O)([O-])OCC[N+](C)(C)C. The van der Waals surface area contributed by atoms with Crippen molar-refractivity contribution in [2.45, 2.75) is 392 Å². The standard InChI is InChI=1S/C82H152NO8P/c1-6-8-10-12-14-16-18-20-22-24-26-28-30-32-34-36-38-40-41-43-45-47-49-51-53-55-57-59-61-63-65-67-69-71-73-75-82(85)91-80(79-90-92(86,87)89-77-76-83(3,4)5)78-88-81(84)74-72-70-68-66-64-62-60-58-56-54-52-50-48-46-44-42-39-37-35-33-31-29-27-25-23-21-19-17-15-13-11-9-7-2/h8,10,14,16,20,22,25-28,32,34,80H,6-7,9,11-13,15,17-19,21,23-24,29-31,33,35-79H2,1-5H3/b10-8-,16-14-,22-20-,27-25-,28-26-,34-32-. The van der Waals surface area contributed by atoms with Gasteiger partial charge in [0.2, 0.25) is 0 Å². The topological polar surface area (TPSA) is 111 Å². The minimum Gasteiger partial charge on any atom is -0.756 e. The fourth-order valence-electron chi connectivity index (χ4n) is 11.7. The minimum absolute atomic E-state index is 0.0294. The predicted molar refractivity (Wildman–Crippen MR) is 397 cm³/mol. The van der Waals surface area contributed by atoms with E-state index < -0.39 is 26.5 Å². The van der Waals surface area contributed by atoms with E-state index in [1.165, 1.54) is 283 Å². The number of phosphoric ester groups is 1. The molecule has 0 radical (unpaired) electrons. The van der Waals surface area contributed by atoms with Crippen molar-refractivity contribution >= 4 is 19.8 Å². The average Bonchev–Trinajstić information content (AvgIpc) is 2.14. The normalized spacial score (nSPS) is 13.4. The van der Waals surface area contributed by atoms with Crippen molar-refractivity contribution in [3.05, 3.63) is 72.9 Å². The molecule has 0 saturated heterocycles. The van der Waals surface area contributed by atoms with Gasteiger partial charge in [-0.2, -0.15) is 0 Å². The highest BCUT2D eigenvalue weighted by molar-refractivity contribution is 7.45. The molecule has 0 aliphatic carbocycles. The minimum atomic E-state index is -4.64. The van der Waals surface area contributed by atoms with Gasteiger partial charge in [0.25, 0.3) is 7.82 Å². The number of ether oxygens (including phenoxy) is 2. The highest BCUT2D eigenvalue weighted by Gasteiger charge is 2.22. The lowest BCUT2D eigenvalue weighted by Crippen LogP contribution is -2.37. The Hall–Kier alpha value is -2.55. The molecule has 0 spiro atoms. The Morgan fingerprint density at radius 2 is 0.620 bits per heavy atom. The molecule has 0 aromatic heterocycles. The van der Waals surface area contributed by atoms with Crippen LogP contribution in [0.15, 0.2) is 72.9 Å². The number of nitrogens with zero attached hydrogens (tertiary/aromatic N) is 1. The van der Waals surface area contributed by atoms with Gasteiger partial charge in [-0.1, -0.05) is 363 Å². The summed E-state index contributed by atoms with van der Waals surface area (Å²) in [4.78, 5) is 38.2. The second-order valence-electron chi connectivity index (χ2n) is 28.0. The lowest BCUT2D eigenvalue weighted by atomic mass is 10.0. The molecule has 0 fully saturated rings. The summed E-state index contributed by atoms with van der Waals surface area (Å²) in [6.07, 6.45) is 98.8. The first-order valence-corrected chi connectivity index (χ1v) is 41.1. The van der Waals surface area contributed by atoms with Crippen LogP contribution in [0, 0.1) is 0 Å². The Balaban J connectivity index is 3.93. The maximum Gasteiger partial charge on any atom is 0.306 e. The van der Waals surface area contributed by atoms with E-state index in [0.29, 0.717) is 17.4 Å². The first-order valence-electron chi connectivity index (χ1n) is 39.6. The van der Waals surface area contributed by atoms with E-state index in [1.807, 2.05) is 21.1 Å². The molecule has 0 bridgehead atoms. The average molecular weight is 1310 g/mol. The van der Waals surface area contributed by atoms with Gasteiger partial charge in [0.15, 0.2) is 6.10 Å². The van der Waals surface area contributed by atoms with Crippen molar-refractivity contribution in [2.75, 3.05) is 47.5 Å². The van der Waals surface area contributed by atoms with Gasteiger partial charge in [-0.3, -0.25) is 14.2 Å². The number of hydrogen-bond acceptors (Lipinski definition) is 8. The van der Waals surface area contributed by atoms with Crippen LogP contribution in [0.25, 0.3) is 0 Å². The monoisotopic (exact) mass is 1310 g/mol. The van der Waals surface area contributed by atoms with Crippen molar-refractivity contribution in [3.63, 3.8) is 0 Å². The molecule has 0 aliphatic heterocycles. The highest BCUT2D eigenvalue weighted by Crippen LogP contribution is 2.38. The summed E-state index contributed by atoms with van der Waals surface area (Å²) in [5.74, 6) is -0.812. The van der Waals surface area contributed by atoms with Crippen LogP contribution < -0.4 is 4.89 Å². The molecule has 10 heteroatoms. The molecule has 9 nitrogen and oxygen atoms in total. The number of unbranched alkanes of at least 4 members (excludes halogenated alkanes) is 48. The zero-order valence-electron chi connectivity index (χ0n) is 61.5. The summed E-state index contributed by atoms with van der Waals surface area (Å²) < 4.78 is 34.4. The van der Waals surface area contributed by atoms with Crippen molar-refractivity contribution in [1.29, 1.82) is 0 Å². The van der Waals surface area contributed by atoms with E-state index in [-0.39, 0.29) is 32.0 Å². The lowest BCUT2D eigenvalue weighted by molar-refractivity contribution is -0.870. The van der Waals surface area contributed by atoms with Crippen LogP contribution >= 0.6 is 7.82 Å². The van der Waals surface area contributed by atoms with Gasteiger partial charge in [0.1, 0.15) is 19.8 Å². The summed E-state index contributed by atoms with van der Waals surface area (Å²) in [6.45, 7) is 4.19. The van der Waals surface area contributed by atoms with Crippen molar-refractivity contribution < 1.29 is 42.1 Å². The van der Waals surface area contributed by atoms with Gasteiger partial charge in [-0.15, -0.1) is 0 Å². The number of carbonyl (C=O) groups is 2. The lowest BCUT2D eigenvalue weighted by Gasteiger charge is -2.28. The van der Waals surface area contributed by atoms with Crippen LogP contribution in [-0.4, -0.2) is 70.0 Å². The molecule has 2 atom stereocenters. The Labute approximate surface area is 571 Å². The quantitative estimate of drug-likeness (QED) is 0.0195. The second-order valence-corrected chi connectivity index (χ2v) is 29.5. The molecule has 2 unspecified atom stereocenters. The number of likely N-dealkylation sites (N-methyl/N-ethyl adjacent to an activating group) is 1. The summed E-state index contributed by atoms with van der Waals surface area (Å²) in [5.41, 5.74) is 0. The van der Waals surface area contributed by atoms with E-state index >= 15 is 0 Å². The third-order valence-electron chi connectivity index (χ3n) is 17.7. The number of carbonyl (C=O) groups excluding carboxylic acids is 2. The smallest absolute Gasteiger partial charge is 0.306 e. The number of esters is 2. The molecule has 92 heavy (non-hydrogen) atoms. The number of quaternary nitrogens is 1. The summed E-state index contributed by atoms with van der Waals surface area (Å²) >= 11 is 0. The largest absolute Gasteiger partial charge is 0.756 e. The molecule has 0 amide bonds. The fraction of sp³-hybridized carbons (Fsp3) is 0.829. The van der Waals surface area contributed by atoms with Gasteiger partial charge in [0.05, 0.1) is 27.7 Å². The number of phosphoric acid groups is 1. The van der Waals surface area contributed by atoms with Crippen LogP contribution in [0.2, 0.25) is 0 Å². The van der Waals surface area contributed by atoms with Crippen molar-refractivity contribution in [2.24, 2.45) is 0 Å². The van der Waals surface area contributed by atoms with Crippen LogP contribution in [0.3, 0.4) is 0 Å². The molecule has 0 aromatic rings. The van der Waals surface area contributed by atoms with E-state index in [1.54, 1.807) is 0 Å². The van der Waals surface area contributed by atoms with Crippen molar-refractivity contribution in [1.82, 2.24) is 0 Å². The molecule has 0 heterocycles. The van der Waals surface area contributed by atoms with Crippen LogP contribution in [-0.2, 0) is 32.7 Å². The predicted octanol–water partition coefficient (Wildman–Crippen LogP) is 25.7. The van der Waals surface area contributed by atoms with Crippen LogP contribution in [0.1, 0.15) is 386 Å². The Kier molecular flexibility index (Phi) is 70.7. The Morgan fingerprint density at radius 1 is 0.348 bits per heavy atom. The Bertz CT molecular complexity index is 1780. The molecular formula is C82H152NO8P. The van der Waals surface area contributed by atoms with E-state index in [0.717, 1.165) is 70.6 Å². The third kappa shape index (κ3) is 76.5. The van der Waals surface area contributed by atoms with Gasteiger partial charge < -0.3 is 27.9 Å². The van der Waals surface area contributed by atoms with Gasteiger partial charge >= 0.3 is 11.9 Å². The molecule has 0 aromatic carbocycles. The molecule has 538 valence electrons. The maximum absolute atomic E-state index is 12.9. The molecule has 0 saturated carbocycles. The summed E-state index contributed by atoms with van der Waals surface area (Å²) in [7, 11) is 1.18. The van der Waals surface area contributed by atoms with Crippen LogP contribution in [0.4, 0.5) is 0 Å². The third-order valence-corrected chi connectivity index (χ3v) is 18.7. The Morgan fingerprint density at radius 3 is 0.935 bits per heavy atom. The highest BCUT2D eigenvalue weighted by atomic mass is 31.2. The molecular weight excluding hydrogens is 1160 g/mol. The maximum atomic E-state index is 12.9. The number of allylic oxidation sites excluding steroid dienone is 12. The second kappa shape index (κ2) is 72.7. The van der Waals surface area contributed by atoms with Crippen molar-refractivity contribution in [3.8, 4) is 0 Å². The van der Waals surface area contributed by atoms with Crippen LogP contribution in [0.5, 0.6) is 0 Å². The first kappa shape index (κ1) is 89.5. The van der Waals surface area contributed by atoms with Gasteiger partial charge in [-0.05, 0) is 83.5 Å². The van der Waals surface area contributed by atoms with E-state index in [4.69, 9.17) is 18.5 Å². The van der Waals surface area contributed by atoms with Gasteiger partial charge in [-0.25, -0.2) is 0 Å². The number of rotatable bonds is 74. The zero-order chi connectivity index (χ0) is 66.9. The van der Waals surface area contributed by atoms with E-state index in [9.17, 15) is 19.0 Å². The summed E-state index contributed by atoms with van der Waals surface area (Å²) in [6, 6.07) is 0. The molecule has 0 aliphatic rings. The molecule has 0 rings (SSSR count). The van der Waals surface area contributed by atoms with Gasteiger partial charge in [0, 0.05) is 12.8 Å². The molecule has 0 N–H and O–H groups in total. The zero-order valence-corrected chi connectivity index (χ0v) is 62.4. The first-order chi connectivity index (χ1) is 45.0. The van der Waals surface area contributed by atoms with E-state index in [2.05, 4.69) is 86.8 Å². The number of hydrogen-bond donors (Lipinski definition) is 0. The fourth-order valence-corrected chi connectivity index (χ4v) is 12.4. The summed E-state index contributed by atoms with van der Waals surface area (Å²) in [5, 5.41) is 0.